The van der Waals surface area contributed by atoms with Gasteiger partial charge in [-0.05, 0) is 41.8 Å². The van der Waals surface area contributed by atoms with Crippen molar-refractivity contribution in [3.8, 4) is 11.4 Å². The minimum atomic E-state index is -0.604. The van der Waals surface area contributed by atoms with Gasteiger partial charge in [0.05, 0.1) is 29.8 Å². The number of nitrogens with one attached hydrogen (secondary N) is 1. The van der Waals surface area contributed by atoms with Crippen LogP contribution in [-0.2, 0) is 13.0 Å². The Labute approximate surface area is 196 Å². The van der Waals surface area contributed by atoms with Crippen molar-refractivity contribution >= 4 is 17.1 Å². The SMILES string of the molecule is Cc1ccccc1C(Cc1nc(-c2cccc(Cn3cnc4ccccc43)c2)no1)NC(N)=O. The topological polar surface area (TPSA) is 112 Å². The van der Waals surface area contributed by atoms with Crippen molar-refractivity contribution in [2.75, 3.05) is 0 Å². The lowest BCUT2D eigenvalue weighted by atomic mass is 9.99. The average Bonchev–Trinajstić information content (AvgIpc) is 3.46. The second-order valence-electron chi connectivity index (χ2n) is 8.20. The number of carbonyl (C=O) groups excluding carboxylic acids is 1. The number of imidazole rings is 1. The van der Waals surface area contributed by atoms with E-state index in [2.05, 4.69) is 37.1 Å². The van der Waals surface area contributed by atoms with E-state index in [1.54, 1.807) is 0 Å². The van der Waals surface area contributed by atoms with Gasteiger partial charge in [-0.25, -0.2) is 9.78 Å². The van der Waals surface area contributed by atoms with Gasteiger partial charge in [-0.15, -0.1) is 0 Å². The van der Waals surface area contributed by atoms with Gasteiger partial charge >= 0.3 is 6.03 Å². The molecule has 0 aliphatic heterocycles. The van der Waals surface area contributed by atoms with Crippen molar-refractivity contribution in [3.63, 3.8) is 0 Å². The zero-order valence-corrected chi connectivity index (χ0v) is 18.7. The van der Waals surface area contributed by atoms with E-state index in [-0.39, 0.29) is 6.04 Å². The van der Waals surface area contributed by atoms with E-state index in [0.29, 0.717) is 24.7 Å². The van der Waals surface area contributed by atoms with E-state index < -0.39 is 6.03 Å². The monoisotopic (exact) mass is 452 g/mol. The third kappa shape index (κ3) is 4.52. The van der Waals surface area contributed by atoms with Gasteiger partial charge in [0.2, 0.25) is 11.7 Å². The summed E-state index contributed by atoms with van der Waals surface area (Å²) >= 11 is 0. The fourth-order valence-corrected chi connectivity index (χ4v) is 4.16. The van der Waals surface area contributed by atoms with E-state index in [9.17, 15) is 4.79 Å². The van der Waals surface area contributed by atoms with Crippen LogP contribution in [0.15, 0.2) is 83.6 Å². The number of nitrogens with two attached hydrogens (primary N) is 1. The first-order valence-corrected chi connectivity index (χ1v) is 11.0. The highest BCUT2D eigenvalue weighted by atomic mass is 16.5. The molecule has 0 saturated heterocycles. The largest absolute Gasteiger partial charge is 0.352 e. The Morgan fingerprint density at radius 2 is 1.91 bits per heavy atom. The molecule has 0 aliphatic rings. The van der Waals surface area contributed by atoms with E-state index in [4.69, 9.17) is 10.3 Å². The predicted molar refractivity (Wildman–Crippen MR) is 129 cm³/mol. The van der Waals surface area contributed by atoms with Crippen molar-refractivity contribution in [2.24, 2.45) is 5.73 Å². The molecule has 5 aromatic rings. The summed E-state index contributed by atoms with van der Waals surface area (Å²) in [4.78, 5) is 20.6. The molecule has 34 heavy (non-hydrogen) atoms. The molecule has 2 amide bonds. The van der Waals surface area contributed by atoms with Gasteiger partial charge in [0.15, 0.2) is 0 Å². The van der Waals surface area contributed by atoms with E-state index in [1.807, 2.05) is 73.9 Å². The van der Waals surface area contributed by atoms with E-state index in [1.165, 1.54) is 0 Å². The summed E-state index contributed by atoms with van der Waals surface area (Å²) in [5, 5.41) is 6.96. The molecule has 5 rings (SSSR count). The summed E-state index contributed by atoms with van der Waals surface area (Å²) in [5.74, 6) is 0.915. The van der Waals surface area contributed by atoms with Crippen molar-refractivity contribution in [3.05, 3.63) is 102 Å². The van der Waals surface area contributed by atoms with Crippen molar-refractivity contribution in [1.82, 2.24) is 25.0 Å². The zero-order valence-electron chi connectivity index (χ0n) is 18.7. The number of aromatic nitrogens is 4. The van der Waals surface area contributed by atoms with Crippen LogP contribution in [0.4, 0.5) is 4.79 Å². The Kier molecular flexibility index (Phi) is 5.78. The Balaban J connectivity index is 1.37. The first-order chi connectivity index (χ1) is 16.6. The van der Waals surface area contributed by atoms with Gasteiger partial charge in [0.25, 0.3) is 0 Å². The number of primary amides is 1. The summed E-state index contributed by atoms with van der Waals surface area (Å²) in [6.45, 7) is 2.66. The molecule has 2 heterocycles. The van der Waals surface area contributed by atoms with Gasteiger partial charge in [-0.1, -0.05) is 59.8 Å². The summed E-state index contributed by atoms with van der Waals surface area (Å²) in [5.41, 5.74) is 11.4. The molecule has 3 N–H and O–H groups in total. The number of rotatable bonds is 7. The van der Waals surface area contributed by atoms with Crippen LogP contribution in [0.5, 0.6) is 0 Å². The number of amides is 2. The third-order valence-electron chi connectivity index (χ3n) is 5.79. The number of hydrogen-bond donors (Lipinski definition) is 2. The van der Waals surface area contributed by atoms with Crippen LogP contribution in [-0.4, -0.2) is 25.7 Å². The van der Waals surface area contributed by atoms with Crippen LogP contribution in [0.1, 0.15) is 28.6 Å². The lowest BCUT2D eigenvalue weighted by Crippen LogP contribution is -2.34. The van der Waals surface area contributed by atoms with E-state index >= 15 is 0 Å². The summed E-state index contributed by atoms with van der Waals surface area (Å²) < 4.78 is 7.64. The maximum atomic E-state index is 11.6. The Morgan fingerprint density at radius 3 is 2.76 bits per heavy atom. The van der Waals surface area contributed by atoms with Crippen LogP contribution < -0.4 is 11.1 Å². The van der Waals surface area contributed by atoms with Crippen LogP contribution in [0.25, 0.3) is 22.4 Å². The predicted octanol–water partition coefficient (Wildman–Crippen LogP) is 4.40. The molecule has 1 unspecified atom stereocenters. The molecule has 1 atom stereocenters. The summed E-state index contributed by atoms with van der Waals surface area (Å²) in [6, 6.07) is 22.9. The maximum absolute atomic E-state index is 11.6. The maximum Gasteiger partial charge on any atom is 0.312 e. The standard InChI is InChI=1S/C26H24N6O2/c1-17-7-2-3-10-20(17)22(29-26(27)33)14-24-30-25(31-34-24)19-9-6-8-18(13-19)15-32-16-28-21-11-4-5-12-23(21)32/h2-13,16,22H,14-15H2,1H3,(H3,27,29,33). The fraction of sp³-hybridized carbons (Fsp3) is 0.154. The van der Waals surface area contributed by atoms with Crippen LogP contribution in [0.2, 0.25) is 0 Å². The number of nitrogens with zero attached hydrogens (tertiary/aromatic N) is 4. The second kappa shape index (κ2) is 9.19. The molecule has 8 heteroatoms. The van der Waals surface area contributed by atoms with Crippen LogP contribution in [0.3, 0.4) is 0 Å². The van der Waals surface area contributed by atoms with Gasteiger partial charge in [0.1, 0.15) is 0 Å². The minimum absolute atomic E-state index is 0.335. The molecule has 0 aliphatic carbocycles. The number of hydrogen-bond acceptors (Lipinski definition) is 5. The number of benzene rings is 3. The van der Waals surface area contributed by atoms with E-state index in [0.717, 1.165) is 33.3 Å². The number of para-hydroxylation sites is 2. The van der Waals surface area contributed by atoms with Gasteiger partial charge < -0.3 is 20.1 Å². The summed E-state index contributed by atoms with van der Waals surface area (Å²) in [7, 11) is 0. The number of carbonyl (C=O) groups is 1. The molecule has 0 bridgehead atoms. The Morgan fingerprint density at radius 1 is 1.09 bits per heavy atom. The molecule has 0 radical (unpaired) electrons. The molecule has 3 aromatic carbocycles. The summed E-state index contributed by atoms with van der Waals surface area (Å²) in [6.07, 6.45) is 2.18. The molecular formula is C26H24N6O2. The van der Waals surface area contributed by atoms with Gasteiger partial charge in [-0.3, -0.25) is 0 Å². The van der Waals surface area contributed by atoms with Crippen molar-refractivity contribution < 1.29 is 9.32 Å². The molecule has 2 aromatic heterocycles. The number of aryl methyl sites for hydroxylation is 1. The highest BCUT2D eigenvalue weighted by molar-refractivity contribution is 5.75. The fourth-order valence-electron chi connectivity index (χ4n) is 4.16. The first kappa shape index (κ1) is 21.4. The highest BCUT2D eigenvalue weighted by Gasteiger charge is 2.20. The molecule has 0 fully saturated rings. The quantitative estimate of drug-likeness (QED) is 0.380. The lowest BCUT2D eigenvalue weighted by Gasteiger charge is -2.18. The Bertz CT molecular complexity index is 1450. The zero-order chi connectivity index (χ0) is 23.5. The Hall–Kier alpha value is -4.46. The van der Waals surface area contributed by atoms with Crippen LogP contribution in [0, 0.1) is 6.92 Å². The smallest absolute Gasteiger partial charge is 0.312 e. The van der Waals surface area contributed by atoms with Crippen molar-refractivity contribution in [1.29, 1.82) is 0 Å². The van der Waals surface area contributed by atoms with Crippen LogP contribution >= 0.6 is 0 Å². The molecule has 0 saturated carbocycles. The lowest BCUT2D eigenvalue weighted by molar-refractivity contribution is 0.244. The third-order valence-corrected chi connectivity index (χ3v) is 5.79. The molecule has 8 nitrogen and oxygen atoms in total. The highest BCUT2D eigenvalue weighted by Crippen LogP contribution is 2.24. The van der Waals surface area contributed by atoms with Crippen molar-refractivity contribution in [2.45, 2.75) is 25.9 Å². The first-order valence-electron chi connectivity index (χ1n) is 11.0. The normalized spacial score (nSPS) is 12.0. The number of fused-ring (bicyclic) bond motifs is 1. The minimum Gasteiger partial charge on any atom is -0.352 e. The molecule has 170 valence electrons. The van der Waals surface area contributed by atoms with Gasteiger partial charge in [-0.2, -0.15) is 4.98 Å². The van der Waals surface area contributed by atoms with Gasteiger partial charge in [0, 0.05) is 12.1 Å². The second-order valence-corrected chi connectivity index (χ2v) is 8.20. The average molecular weight is 453 g/mol. The number of urea groups is 1. The molecular weight excluding hydrogens is 428 g/mol. The molecule has 0 spiro atoms.